The number of carbonyl (C=O) groups is 1. The number of nitrogens with one attached hydrogen (secondary N) is 3. The molecule has 0 aliphatic rings. The van der Waals surface area contributed by atoms with Crippen molar-refractivity contribution in [3.8, 4) is 34.0 Å². The minimum absolute atomic E-state index is 0.116. The maximum absolute atomic E-state index is 12.2. The summed E-state index contributed by atoms with van der Waals surface area (Å²) in [7, 11) is 3.68. The highest BCUT2D eigenvalue weighted by Crippen LogP contribution is 2.31. The lowest BCUT2D eigenvalue weighted by Crippen LogP contribution is -2.27. The van der Waals surface area contributed by atoms with Crippen LogP contribution in [0, 0.1) is 0 Å². The van der Waals surface area contributed by atoms with Gasteiger partial charge in [-0.15, -0.1) is 0 Å². The van der Waals surface area contributed by atoms with Gasteiger partial charge in [-0.2, -0.15) is 5.10 Å². The molecule has 11 heteroatoms. The smallest absolute Gasteiger partial charge is 0.238 e. The van der Waals surface area contributed by atoms with Crippen molar-refractivity contribution in [3.05, 3.63) is 67.5 Å². The largest absolute Gasteiger partial charge is 0.336 e. The Morgan fingerprint density at radius 2 is 1.84 bits per heavy atom. The van der Waals surface area contributed by atoms with Crippen LogP contribution in [0.1, 0.15) is 0 Å². The first-order chi connectivity index (χ1) is 18.0. The zero-order chi connectivity index (χ0) is 25.4. The van der Waals surface area contributed by atoms with Gasteiger partial charge < -0.3 is 15.2 Å². The van der Waals surface area contributed by atoms with Crippen LogP contribution in [0.5, 0.6) is 0 Å². The molecule has 0 aliphatic heterocycles. The van der Waals surface area contributed by atoms with Crippen molar-refractivity contribution in [2.24, 2.45) is 0 Å². The fraction of sp³-hybridized carbons (Fsp3) is 0.115. The number of hydrogen-bond donors (Lipinski definition) is 3. The fourth-order valence-electron chi connectivity index (χ4n) is 4.15. The van der Waals surface area contributed by atoms with Gasteiger partial charge in [-0.1, -0.05) is 0 Å². The number of fused-ring (bicyclic) bond motifs is 2. The third-order valence-corrected chi connectivity index (χ3v) is 5.79. The van der Waals surface area contributed by atoms with Gasteiger partial charge in [-0.25, -0.2) is 4.98 Å². The van der Waals surface area contributed by atoms with E-state index < -0.39 is 0 Å². The maximum atomic E-state index is 12.2. The Kier molecular flexibility index (Phi) is 5.58. The molecule has 0 atom stereocenters. The van der Waals surface area contributed by atoms with Gasteiger partial charge in [-0.05, 0) is 44.4 Å². The van der Waals surface area contributed by atoms with Crippen LogP contribution >= 0.6 is 0 Å². The summed E-state index contributed by atoms with van der Waals surface area (Å²) >= 11 is 0. The number of imidazole rings is 1. The number of rotatable bonds is 6. The highest BCUT2D eigenvalue weighted by Gasteiger charge is 2.17. The number of amides is 1. The van der Waals surface area contributed by atoms with Gasteiger partial charge in [0, 0.05) is 41.3 Å². The normalized spacial score (nSPS) is 11.4. The summed E-state index contributed by atoms with van der Waals surface area (Å²) in [5.41, 5.74) is 6.71. The molecule has 0 saturated heterocycles. The third kappa shape index (κ3) is 4.39. The van der Waals surface area contributed by atoms with E-state index in [0.717, 1.165) is 38.8 Å². The summed E-state index contributed by atoms with van der Waals surface area (Å²) in [4.78, 5) is 39.8. The van der Waals surface area contributed by atoms with Gasteiger partial charge in [0.15, 0.2) is 5.82 Å². The number of aromatic amines is 2. The molecule has 37 heavy (non-hydrogen) atoms. The van der Waals surface area contributed by atoms with Crippen LogP contribution in [0.3, 0.4) is 0 Å². The Labute approximate surface area is 211 Å². The molecule has 6 heterocycles. The second kappa shape index (κ2) is 9.21. The van der Waals surface area contributed by atoms with Crippen molar-refractivity contribution >= 4 is 33.5 Å². The van der Waals surface area contributed by atoms with Crippen molar-refractivity contribution in [3.63, 3.8) is 0 Å². The summed E-state index contributed by atoms with van der Waals surface area (Å²) in [6.07, 6.45) is 10.3. The van der Waals surface area contributed by atoms with E-state index in [1.165, 1.54) is 0 Å². The summed E-state index contributed by atoms with van der Waals surface area (Å²) < 4.78 is 0. The van der Waals surface area contributed by atoms with E-state index >= 15 is 0 Å². The second-order valence-electron chi connectivity index (χ2n) is 8.82. The molecule has 6 aromatic heterocycles. The number of nitrogens with zero attached hydrogens (tertiary/aromatic N) is 7. The van der Waals surface area contributed by atoms with Crippen molar-refractivity contribution in [2.75, 3.05) is 26.0 Å². The van der Waals surface area contributed by atoms with Crippen LogP contribution in [-0.4, -0.2) is 71.5 Å². The predicted molar refractivity (Wildman–Crippen MR) is 140 cm³/mol. The average molecular weight is 491 g/mol. The first-order valence-electron chi connectivity index (χ1n) is 11.5. The van der Waals surface area contributed by atoms with Crippen molar-refractivity contribution in [1.29, 1.82) is 0 Å². The fourth-order valence-corrected chi connectivity index (χ4v) is 4.15. The zero-order valence-corrected chi connectivity index (χ0v) is 20.1. The van der Waals surface area contributed by atoms with E-state index in [4.69, 9.17) is 4.98 Å². The molecular formula is C26H22N10O. The number of carbonyl (C=O) groups excluding carboxylic acids is 1. The minimum atomic E-state index is -0.116. The molecule has 0 bridgehead atoms. The lowest BCUT2D eigenvalue weighted by molar-refractivity contribution is -0.116. The lowest BCUT2D eigenvalue weighted by atomic mass is 10.1. The third-order valence-electron chi connectivity index (χ3n) is 5.79. The molecule has 3 N–H and O–H groups in total. The molecule has 0 unspecified atom stereocenters. The summed E-state index contributed by atoms with van der Waals surface area (Å²) in [6, 6.07) is 9.49. The van der Waals surface area contributed by atoms with Crippen molar-refractivity contribution < 1.29 is 4.79 Å². The summed E-state index contributed by atoms with van der Waals surface area (Å²) in [6.45, 7) is 0.280. The Morgan fingerprint density at radius 1 is 0.946 bits per heavy atom. The van der Waals surface area contributed by atoms with E-state index in [9.17, 15) is 4.79 Å². The number of H-pyrrole nitrogens is 2. The molecule has 6 aromatic rings. The van der Waals surface area contributed by atoms with Gasteiger partial charge in [0.25, 0.3) is 0 Å². The molecule has 0 spiro atoms. The number of aromatic nitrogens is 8. The monoisotopic (exact) mass is 490 g/mol. The van der Waals surface area contributed by atoms with E-state index in [2.05, 4.69) is 40.4 Å². The van der Waals surface area contributed by atoms with Gasteiger partial charge >= 0.3 is 0 Å². The number of likely N-dealkylation sites (N-methyl/N-ethyl adjacent to an activating group) is 1. The van der Waals surface area contributed by atoms with Gasteiger partial charge in [-0.3, -0.25) is 29.8 Å². The Morgan fingerprint density at radius 3 is 2.68 bits per heavy atom. The number of anilines is 1. The topological polar surface area (TPSA) is 141 Å². The Hall–Kier alpha value is -5.03. The molecule has 11 nitrogen and oxygen atoms in total. The van der Waals surface area contributed by atoms with Gasteiger partial charge in [0.05, 0.1) is 47.0 Å². The van der Waals surface area contributed by atoms with Gasteiger partial charge in [0.2, 0.25) is 5.91 Å². The molecular weight excluding hydrogens is 468 g/mol. The Balaban J connectivity index is 1.38. The first-order valence-corrected chi connectivity index (χ1v) is 11.5. The predicted octanol–water partition coefficient (Wildman–Crippen LogP) is 3.52. The molecule has 182 valence electrons. The van der Waals surface area contributed by atoms with E-state index in [1.54, 1.807) is 42.1 Å². The van der Waals surface area contributed by atoms with Crippen molar-refractivity contribution in [1.82, 2.24) is 45.0 Å². The minimum Gasteiger partial charge on any atom is -0.336 e. The van der Waals surface area contributed by atoms with Crippen molar-refractivity contribution in [2.45, 2.75) is 0 Å². The van der Waals surface area contributed by atoms with Crippen LogP contribution in [0.15, 0.2) is 67.5 Å². The number of pyridine rings is 4. The standard InChI is InChI=1S/C26H22N10O/c1-36(2)14-22(37)31-17-8-16(11-28-12-17)20-9-18-21(13-30-20)34-35-24(18)26-32-19-5-7-29-23(25(19)33-26)15-4-3-6-27-10-15/h3-13H,14H2,1-2H3,(H,31,37)(H,32,33)(H,34,35). The molecule has 0 aromatic carbocycles. The number of hydrogen-bond acceptors (Lipinski definition) is 8. The SMILES string of the molecule is CN(C)CC(=O)Nc1cncc(-c2cc3c(-c4nc5c(-c6cccnc6)nccc5[nH]4)n[nH]c3cn2)c1. The molecule has 0 aliphatic carbocycles. The molecule has 0 radical (unpaired) electrons. The van der Waals surface area contributed by atoms with E-state index in [0.29, 0.717) is 22.9 Å². The molecule has 1 amide bonds. The van der Waals surface area contributed by atoms with E-state index in [1.807, 2.05) is 44.4 Å². The van der Waals surface area contributed by atoms with Crippen LogP contribution in [0.4, 0.5) is 5.69 Å². The van der Waals surface area contributed by atoms with Crippen LogP contribution < -0.4 is 5.32 Å². The van der Waals surface area contributed by atoms with Crippen LogP contribution in [-0.2, 0) is 4.79 Å². The zero-order valence-electron chi connectivity index (χ0n) is 20.1. The van der Waals surface area contributed by atoms with Crippen LogP contribution in [0.2, 0.25) is 0 Å². The summed E-state index contributed by atoms with van der Waals surface area (Å²) in [5.74, 6) is 0.494. The lowest BCUT2D eigenvalue weighted by Gasteiger charge is -2.10. The van der Waals surface area contributed by atoms with Gasteiger partial charge in [0.1, 0.15) is 11.2 Å². The Bertz CT molecular complexity index is 1740. The first kappa shape index (κ1) is 22.4. The second-order valence-corrected chi connectivity index (χ2v) is 8.82. The summed E-state index contributed by atoms with van der Waals surface area (Å²) in [5, 5.41) is 11.3. The quantitative estimate of drug-likeness (QED) is 0.322. The maximum Gasteiger partial charge on any atom is 0.238 e. The average Bonchev–Trinajstić information content (AvgIpc) is 3.52. The van der Waals surface area contributed by atoms with Crippen LogP contribution in [0.25, 0.3) is 56.0 Å². The highest BCUT2D eigenvalue weighted by molar-refractivity contribution is 5.97. The molecule has 0 fully saturated rings. The molecule has 0 saturated carbocycles. The highest BCUT2D eigenvalue weighted by atomic mass is 16.2. The van der Waals surface area contributed by atoms with E-state index in [-0.39, 0.29) is 12.5 Å². The molecule has 6 rings (SSSR count).